The van der Waals surface area contributed by atoms with Gasteiger partial charge in [0.1, 0.15) is 5.75 Å². The molecule has 0 spiro atoms. The summed E-state index contributed by atoms with van der Waals surface area (Å²) in [6, 6.07) is 5.50. The lowest BCUT2D eigenvalue weighted by atomic mass is 10.2. The molecule has 2 rings (SSSR count). The highest BCUT2D eigenvalue weighted by molar-refractivity contribution is 5.47. The molecule has 17 heavy (non-hydrogen) atoms. The van der Waals surface area contributed by atoms with Crippen molar-refractivity contribution in [1.82, 2.24) is 10.1 Å². The predicted octanol–water partition coefficient (Wildman–Crippen LogP) is 2.10. The topological polar surface area (TPSA) is 74.2 Å². The fraction of sp³-hybridized carbons (Fsp3) is 0.333. The molecule has 90 valence electrons. The van der Waals surface area contributed by atoms with Crippen molar-refractivity contribution in [3.8, 4) is 5.75 Å². The number of aromatic nitrogens is 2. The standard InChI is InChI=1S/C12H15N3O2/c1-3-12-14-11(15-17-12)7-16-10-5-4-9(13)6-8(10)2/h4-6H,3,7,13H2,1-2H3. The zero-order valence-corrected chi connectivity index (χ0v) is 9.93. The summed E-state index contributed by atoms with van der Waals surface area (Å²) in [6.45, 7) is 4.20. The molecule has 0 aliphatic heterocycles. The number of nitrogens with zero attached hydrogens (tertiary/aromatic N) is 2. The Morgan fingerprint density at radius 3 is 2.88 bits per heavy atom. The van der Waals surface area contributed by atoms with Crippen molar-refractivity contribution in [2.75, 3.05) is 5.73 Å². The number of nitrogen functional groups attached to an aromatic ring is 1. The summed E-state index contributed by atoms with van der Waals surface area (Å²) in [4.78, 5) is 4.16. The van der Waals surface area contributed by atoms with Crippen LogP contribution in [0.15, 0.2) is 22.7 Å². The highest BCUT2D eigenvalue weighted by Crippen LogP contribution is 2.20. The third kappa shape index (κ3) is 2.75. The number of hydrogen-bond donors (Lipinski definition) is 1. The Kier molecular flexibility index (Phi) is 3.27. The zero-order chi connectivity index (χ0) is 12.3. The summed E-state index contributed by atoms with van der Waals surface area (Å²) in [5, 5.41) is 3.81. The van der Waals surface area contributed by atoms with Gasteiger partial charge in [-0.05, 0) is 30.7 Å². The van der Waals surface area contributed by atoms with Crippen LogP contribution in [0.1, 0.15) is 24.2 Å². The average molecular weight is 233 g/mol. The van der Waals surface area contributed by atoms with Crippen LogP contribution in [0.4, 0.5) is 5.69 Å². The first-order chi connectivity index (χ1) is 8.19. The number of ether oxygens (including phenoxy) is 1. The third-order valence-electron chi connectivity index (χ3n) is 2.37. The van der Waals surface area contributed by atoms with E-state index in [0.717, 1.165) is 23.4 Å². The van der Waals surface area contributed by atoms with Crippen molar-refractivity contribution in [1.29, 1.82) is 0 Å². The Bertz CT molecular complexity index is 508. The van der Waals surface area contributed by atoms with Gasteiger partial charge in [-0.1, -0.05) is 12.1 Å². The van der Waals surface area contributed by atoms with Gasteiger partial charge in [0.05, 0.1) is 0 Å². The molecule has 0 saturated heterocycles. The van der Waals surface area contributed by atoms with E-state index in [2.05, 4.69) is 10.1 Å². The van der Waals surface area contributed by atoms with Crippen LogP contribution in [0.3, 0.4) is 0 Å². The number of aryl methyl sites for hydroxylation is 2. The van der Waals surface area contributed by atoms with Crippen LogP contribution in [0.25, 0.3) is 0 Å². The molecule has 1 aromatic carbocycles. The number of rotatable bonds is 4. The van der Waals surface area contributed by atoms with E-state index in [4.69, 9.17) is 15.0 Å². The molecule has 0 atom stereocenters. The van der Waals surface area contributed by atoms with E-state index in [-0.39, 0.29) is 0 Å². The van der Waals surface area contributed by atoms with E-state index < -0.39 is 0 Å². The van der Waals surface area contributed by atoms with E-state index in [1.165, 1.54) is 0 Å². The Labute approximate surface area is 99.6 Å². The zero-order valence-electron chi connectivity index (χ0n) is 9.93. The minimum atomic E-state index is 0.300. The molecule has 0 amide bonds. The summed E-state index contributed by atoms with van der Waals surface area (Å²) < 4.78 is 10.6. The molecule has 1 heterocycles. The third-order valence-corrected chi connectivity index (χ3v) is 2.37. The van der Waals surface area contributed by atoms with Crippen molar-refractivity contribution in [2.24, 2.45) is 0 Å². The van der Waals surface area contributed by atoms with Crippen molar-refractivity contribution in [2.45, 2.75) is 26.9 Å². The highest BCUT2D eigenvalue weighted by Gasteiger charge is 2.06. The van der Waals surface area contributed by atoms with Gasteiger partial charge in [0.15, 0.2) is 6.61 Å². The van der Waals surface area contributed by atoms with Crippen LogP contribution >= 0.6 is 0 Å². The maximum Gasteiger partial charge on any atom is 0.226 e. The maximum atomic E-state index is 5.66. The monoisotopic (exact) mass is 233 g/mol. The number of hydrogen-bond acceptors (Lipinski definition) is 5. The van der Waals surface area contributed by atoms with Crippen LogP contribution in [0.5, 0.6) is 5.75 Å². The Morgan fingerprint density at radius 2 is 2.24 bits per heavy atom. The molecule has 0 saturated carbocycles. The van der Waals surface area contributed by atoms with Crippen molar-refractivity contribution >= 4 is 5.69 Å². The van der Waals surface area contributed by atoms with Gasteiger partial charge >= 0.3 is 0 Å². The highest BCUT2D eigenvalue weighted by atomic mass is 16.5. The number of nitrogens with two attached hydrogens (primary N) is 1. The second-order valence-electron chi connectivity index (χ2n) is 3.77. The number of benzene rings is 1. The summed E-state index contributed by atoms with van der Waals surface area (Å²) in [7, 11) is 0. The predicted molar refractivity (Wildman–Crippen MR) is 63.6 cm³/mol. The Morgan fingerprint density at radius 1 is 1.41 bits per heavy atom. The molecule has 1 aromatic heterocycles. The molecule has 5 heteroatoms. The van der Waals surface area contributed by atoms with E-state index in [1.54, 1.807) is 6.07 Å². The lowest BCUT2D eigenvalue weighted by Gasteiger charge is -2.07. The maximum absolute atomic E-state index is 5.66. The molecular formula is C12H15N3O2. The van der Waals surface area contributed by atoms with E-state index >= 15 is 0 Å². The molecule has 0 aliphatic rings. The van der Waals surface area contributed by atoms with E-state index in [9.17, 15) is 0 Å². The quantitative estimate of drug-likeness (QED) is 0.818. The van der Waals surface area contributed by atoms with Gasteiger partial charge in [0, 0.05) is 12.1 Å². The molecule has 0 aliphatic carbocycles. The van der Waals surface area contributed by atoms with Gasteiger partial charge < -0.3 is 15.0 Å². The van der Waals surface area contributed by atoms with E-state index in [1.807, 2.05) is 26.0 Å². The van der Waals surface area contributed by atoms with Crippen molar-refractivity contribution in [3.63, 3.8) is 0 Å². The molecule has 5 nitrogen and oxygen atoms in total. The molecule has 0 bridgehead atoms. The van der Waals surface area contributed by atoms with Gasteiger partial charge in [-0.15, -0.1) is 0 Å². The number of anilines is 1. The lowest BCUT2D eigenvalue weighted by Crippen LogP contribution is -1.99. The largest absolute Gasteiger partial charge is 0.485 e. The van der Waals surface area contributed by atoms with Gasteiger partial charge in [0.2, 0.25) is 11.7 Å². The van der Waals surface area contributed by atoms with Crippen LogP contribution < -0.4 is 10.5 Å². The normalized spacial score (nSPS) is 10.5. The van der Waals surface area contributed by atoms with Gasteiger partial charge in [0.25, 0.3) is 0 Å². The molecule has 2 N–H and O–H groups in total. The van der Waals surface area contributed by atoms with Crippen molar-refractivity contribution < 1.29 is 9.26 Å². The first kappa shape index (κ1) is 11.4. The summed E-state index contributed by atoms with van der Waals surface area (Å²) in [5.74, 6) is 1.96. The van der Waals surface area contributed by atoms with Gasteiger partial charge in [-0.2, -0.15) is 4.98 Å². The minimum absolute atomic E-state index is 0.300. The fourth-order valence-electron chi connectivity index (χ4n) is 1.47. The van der Waals surface area contributed by atoms with Crippen LogP contribution in [0.2, 0.25) is 0 Å². The van der Waals surface area contributed by atoms with Crippen LogP contribution in [-0.2, 0) is 13.0 Å². The Balaban J connectivity index is 2.02. The Hall–Kier alpha value is -2.04. The summed E-state index contributed by atoms with van der Waals surface area (Å²) in [6.07, 6.45) is 0.730. The summed E-state index contributed by atoms with van der Waals surface area (Å²) >= 11 is 0. The summed E-state index contributed by atoms with van der Waals surface area (Å²) in [5.41, 5.74) is 7.38. The fourth-order valence-corrected chi connectivity index (χ4v) is 1.47. The second kappa shape index (κ2) is 4.86. The lowest BCUT2D eigenvalue weighted by molar-refractivity contribution is 0.283. The molecule has 0 radical (unpaired) electrons. The van der Waals surface area contributed by atoms with Crippen LogP contribution in [-0.4, -0.2) is 10.1 Å². The molecule has 0 fully saturated rings. The van der Waals surface area contributed by atoms with Crippen LogP contribution in [0, 0.1) is 6.92 Å². The first-order valence-corrected chi connectivity index (χ1v) is 5.49. The smallest absolute Gasteiger partial charge is 0.226 e. The second-order valence-corrected chi connectivity index (χ2v) is 3.77. The van der Waals surface area contributed by atoms with Crippen molar-refractivity contribution in [3.05, 3.63) is 35.5 Å². The molecular weight excluding hydrogens is 218 g/mol. The van der Waals surface area contributed by atoms with E-state index in [0.29, 0.717) is 18.3 Å². The molecule has 2 aromatic rings. The first-order valence-electron chi connectivity index (χ1n) is 5.49. The van der Waals surface area contributed by atoms with Gasteiger partial charge in [-0.3, -0.25) is 0 Å². The van der Waals surface area contributed by atoms with Gasteiger partial charge in [-0.25, -0.2) is 0 Å². The SMILES string of the molecule is CCc1nc(COc2ccc(N)cc2C)no1. The average Bonchev–Trinajstić information content (AvgIpc) is 2.76. The minimum Gasteiger partial charge on any atom is -0.485 e. The molecule has 0 unspecified atom stereocenters.